The molecule has 0 spiro atoms. The smallest absolute Gasteiger partial charge is 0.230 e. The van der Waals surface area contributed by atoms with E-state index in [2.05, 4.69) is 50.7 Å². The van der Waals surface area contributed by atoms with Crippen molar-refractivity contribution in [2.45, 2.75) is 13.8 Å². The van der Waals surface area contributed by atoms with Crippen molar-refractivity contribution in [1.29, 1.82) is 0 Å². The van der Waals surface area contributed by atoms with Gasteiger partial charge in [-0.2, -0.15) is 0 Å². The fraction of sp³-hybridized carbons (Fsp3) is 0.125. The van der Waals surface area contributed by atoms with Crippen LogP contribution in [0.1, 0.15) is 9.75 Å². The van der Waals surface area contributed by atoms with E-state index in [0.29, 0.717) is 5.13 Å². The van der Waals surface area contributed by atoms with Crippen LogP contribution in [0.25, 0.3) is 20.3 Å². The Morgan fingerprint density at radius 1 is 0.917 bits per heavy atom. The summed E-state index contributed by atoms with van der Waals surface area (Å²) in [7, 11) is 0. The zero-order chi connectivity index (χ0) is 16.5. The van der Waals surface area contributed by atoms with Crippen molar-refractivity contribution in [1.82, 2.24) is 9.97 Å². The molecule has 0 aliphatic carbocycles. The Bertz CT molecular complexity index is 991. The molecule has 8 heteroatoms. The van der Waals surface area contributed by atoms with E-state index in [4.69, 9.17) is 0 Å². The Kier molecular flexibility index (Phi) is 4.36. The molecule has 0 saturated heterocycles. The summed E-state index contributed by atoms with van der Waals surface area (Å²) in [6.07, 6.45) is 3.71. The fourth-order valence-corrected chi connectivity index (χ4v) is 5.34. The molecule has 0 fully saturated rings. The highest BCUT2D eigenvalue weighted by atomic mass is 32.1. The second-order valence-corrected chi connectivity index (χ2v) is 9.46. The third-order valence-electron chi connectivity index (χ3n) is 3.16. The van der Waals surface area contributed by atoms with Gasteiger partial charge in [-0.05, 0) is 31.4 Å². The average Bonchev–Trinajstić information content (AvgIpc) is 3.32. The van der Waals surface area contributed by atoms with Gasteiger partial charge >= 0.3 is 0 Å². The first-order valence-electron chi connectivity index (χ1n) is 7.14. The standard InChI is InChI=1S/C16H12N4S4/c1-9-7-17-14(22-9)11-6-13(12-4-3-5-21-12)24-15(11)19-20-16-18-8-10(2)23-16/h3-8H,1-2H3/b20-19+. The van der Waals surface area contributed by atoms with Crippen LogP contribution in [0.5, 0.6) is 0 Å². The van der Waals surface area contributed by atoms with Gasteiger partial charge in [-0.3, -0.25) is 0 Å². The molecule has 0 bridgehead atoms. The van der Waals surface area contributed by atoms with Crippen molar-refractivity contribution >= 4 is 55.5 Å². The van der Waals surface area contributed by atoms with Crippen LogP contribution in [0.15, 0.2) is 46.2 Å². The van der Waals surface area contributed by atoms with E-state index in [1.165, 1.54) is 26.0 Å². The van der Waals surface area contributed by atoms with Crippen LogP contribution in [-0.4, -0.2) is 9.97 Å². The summed E-state index contributed by atoms with van der Waals surface area (Å²) in [6, 6.07) is 6.35. The van der Waals surface area contributed by atoms with Gasteiger partial charge in [0.1, 0.15) is 10.0 Å². The van der Waals surface area contributed by atoms with Gasteiger partial charge in [0, 0.05) is 37.5 Å². The van der Waals surface area contributed by atoms with Gasteiger partial charge in [0.25, 0.3) is 0 Å². The predicted molar refractivity (Wildman–Crippen MR) is 105 cm³/mol. The van der Waals surface area contributed by atoms with E-state index in [-0.39, 0.29) is 0 Å². The summed E-state index contributed by atoms with van der Waals surface area (Å²) >= 11 is 6.58. The third-order valence-corrected chi connectivity index (χ3v) is 6.99. The van der Waals surface area contributed by atoms with Gasteiger partial charge in [0.15, 0.2) is 0 Å². The minimum absolute atomic E-state index is 0.680. The normalized spacial score (nSPS) is 11.6. The number of azo groups is 1. The van der Waals surface area contributed by atoms with Crippen LogP contribution in [-0.2, 0) is 0 Å². The number of hydrogen-bond acceptors (Lipinski definition) is 8. The second-order valence-electron chi connectivity index (χ2n) is 5.04. The molecule has 0 aliphatic rings. The molecule has 0 N–H and O–H groups in total. The summed E-state index contributed by atoms with van der Waals surface area (Å²) < 4.78 is 0. The largest absolute Gasteiger partial charge is 0.244 e. The average molecular weight is 389 g/mol. The Labute approximate surface area is 155 Å². The number of thiazole rings is 2. The third kappa shape index (κ3) is 3.23. The minimum Gasteiger partial charge on any atom is -0.244 e. The minimum atomic E-state index is 0.680. The molecule has 0 aliphatic heterocycles. The van der Waals surface area contributed by atoms with Crippen LogP contribution in [0.2, 0.25) is 0 Å². The number of thiophene rings is 2. The molecule has 4 aromatic heterocycles. The number of nitrogens with zero attached hydrogens (tertiary/aromatic N) is 4. The number of rotatable bonds is 4. The molecule has 0 atom stereocenters. The summed E-state index contributed by atoms with van der Waals surface area (Å²) in [6.45, 7) is 4.08. The van der Waals surface area contributed by atoms with Gasteiger partial charge in [0.2, 0.25) is 5.13 Å². The molecule has 24 heavy (non-hydrogen) atoms. The van der Waals surface area contributed by atoms with Gasteiger partial charge in [-0.15, -0.1) is 44.2 Å². The maximum absolute atomic E-state index is 4.51. The van der Waals surface area contributed by atoms with Crippen molar-refractivity contribution in [3.63, 3.8) is 0 Å². The monoisotopic (exact) mass is 388 g/mol. The van der Waals surface area contributed by atoms with E-state index in [1.54, 1.807) is 34.0 Å². The summed E-state index contributed by atoms with van der Waals surface area (Å²) in [5.74, 6) is 0. The van der Waals surface area contributed by atoms with E-state index in [1.807, 2.05) is 19.3 Å². The second kappa shape index (κ2) is 6.64. The Morgan fingerprint density at radius 3 is 2.42 bits per heavy atom. The molecule has 4 heterocycles. The van der Waals surface area contributed by atoms with Gasteiger partial charge < -0.3 is 0 Å². The van der Waals surface area contributed by atoms with Crippen molar-refractivity contribution in [3.8, 4) is 20.3 Å². The Morgan fingerprint density at radius 2 is 1.75 bits per heavy atom. The summed E-state index contributed by atoms with van der Waals surface area (Å²) in [4.78, 5) is 13.5. The molecule has 4 nitrogen and oxygen atoms in total. The summed E-state index contributed by atoms with van der Waals surface area (Å²) in [5, 5.41) is 13.4. The first-order valence-corrected chi connectivity index (χ1v) is 10.5. The molecular formula is C16H12N4S4. The van der Waals surface area contributed by atoms with Crippen LogP contribution < -0.4 is 0 Å². The molecular weight excluding hydrogens is 376 g/mol. The Hall–Kier alpha value is -1.74. The number of aromatic nitrogens is 2. The highest BCUT2D eigenvalue weighted by Gasteiger charge is 2.15. The first kappa shape index (κ1) is 15.8. The molecule has 0 aromatic carbocycles. The van der Waals surface area contributed by atoms with Crippen molar-refractivity contribution in [2.24, 2.45) is 10.2 Å². The van der Waals surface area contributed by atoms with Gasteiger partial charge in [0.05, 0.1) is 0 Å². The Balaban J connectivity index is 1.77. The van der Waals surface area contributed by atoms with E-state index in [9.17, 15) is 0 Å². The van der Waals surface area contributed by atoms with E-state index in [0.717, 1.165) is 20.4 Å². The molecule has 0 radical (unpaired) electrons. The molecule has 4 aromatic rings. The van der Waals surface area contributed by atoms with Crippen LogP contribution in [0.4, 0.5) is 10.1 Å². The lowest BCUT2D eigenvalue weighted by molar-refractivity contribution is 1.21. The zero-order valence-corrected chi connectivity index (χ0v) is 16.2. The molecule has 4 rings (SSSR count). The lowest BCUT2D eigenvalue weighted by Crippen LogP contribution is -1.70. The van der Waals surface area contributed by atoms with Crippen LogP contribution in [0.3, 0.4) is 0 Å². The topological polar surface area (TPSA) is 50.5 Å². The zero-order valence-electron chi connectivity index (χ0n) is 12.9. The first-order chi connectivity index (χ1) is 11.7. The maximum Gasteiger partial charge on any atom is 0.230 e. The van der Waals surface area contributed by atoms with Gasteiger partial charge in [-0.25, -0.2) is 9.97 Å². The molecule has 0 amide bonds. The van der Waals surface area contributed by atoms with Crippen molar-refractivity contribution < 1.29 is 0 Å². The highest BCUT2D eigenvalue weighted by molar-refractivity contribution is 7.24. The fourth-order valence-electron chi connectivity index (χ4n) is 2.11. The molecule has 120 valence electrons. The van der Waals surface area contributed by atoms with E-state index >= 15 is 0 Å². The van der Waals surface area contributed by atoms with Crippen molar-refractivity contribution in [3.05, 3.63) is 45.7 Å². The lowest BCUT2D eigenvalue weighted by Gasteiger charge is -1.92. The maximum atomic E-state index is 4.51. The molecule has 0 saturated carbocycles. The van der Waals surface area contributed by atoms with Crippen LogP contribution >= 0.6 is 45.3 Å². The SMILES string of the molecule is Cc1cnc(/N=N/c2sc(-c3cccs3)cc2-c2ncc(C)s2)s1. The molecule has 0 unspecified atom stereocenters. The van der Waals surface area contributed by atoms with Crippen molar-refractivity contribution in [2.75, 3.05) is 0 Å². The quantitative estimate of drug-likeness (QED) is 0.350. The van der Waals surface area contributed by atoms with Crippen LogP contribution in [0, 0.1) is 13.8 Å². The summed E-state index contributed by atoms with van der Waals surface area (Å²) in [5.41, 5.74) is 1.04. The van der Waals surface area contributed by atoms with Gasteiger partial charge in [-0.1, -0.05) is 17.4 Å². The highest BCUT2D eigenvalue weighted by Crippen LogP contribution is 2.45. The predicted octanol–water partition coefficient (Wildman–Crippen LogP) is 7.09. The van der Waals surface area contributed by atoms with E-state index < -0.39 is 0 Å². The lowest BCUT2D eigenvalue weighted by atomic mass is 10.3. The number of hydrogen-bond donors (Lipinski definition) is 0. The number of aryl methyl sites for hydroxylation is 2.